The summed E-state index contributed by atoms with van der Waals surface area (Å²) in [5.41, 5.74) is 4.87. The summed E-state index contributed by atoms with van der Waals surface area (Å²) < 4.78 is 50.6. The number of halogens is 1. The van der Waals surface area contributed by atoms with Crippen molar-refractivity contribution >= 4 is 74.2 Å². The fraction of sp³-hybridized carbons (Fsp3) is 0.716. The molecule has 28 nitrogen and oxygen atoms in total. The van der Waals surface area contributed by atoms with Gasteiger partial charge in [-0.2, -0.15) is 0 Å². The first-order valence-corrected chi connectivity index (χ1v) is 47.9. The molecule has 6 unspecified atom stereocenters. The van der Waals surface area contributed by atoms with Crippen LogP contribution < -0.4 is 61.4 Å². The third-order valence-corrected chi connectivity index (χ3v) is 31.5. The molecule has 15 fully saturated rings. The summed E-state index contributed by atoms with van der Waals surface area (Å²) in [6.07, 6.45) is 43.8. The minimum atomic E-state index is -1.11. The number of hydrogen-bond donors (Lipinski definition) is 2. The van der Waals surface area contributed by atoms with Gasteiger partial charge in [-0.1, -0.05) is 144 Å². The normalized spacial score (nSPS) is 30.3. The van der Waals surface area contributed by atoms with Gasteiger partial charge in [-0.05, 0) is 152 Å². The van der Waals surface area contributed by atoms with Crippen LogP contribution in [0, 0.1) is 17.8 Å². The van der Waals surface area contributed by atoms with Crippen LogP contribution in [0.1, 0.15) is 249 Å². The van der Waals surface area contributed by atoms with Gasteiger partial charge in [0.15, 0.2) is 34.2 Å². The van der Waals surface area contributed by atoms with E-state index in [0.29, 0.717) is 139 Å². The van der Waals surface area contributed by atoms with Gasteiger partial charge in [0.05, 0.1) is 87.0 Å². The molecule has 3 saturated carbocycles. The first kappa shape index (κ1) is 92.2. The zero-order chi connectivity index (χ0) is 84.4. The molecule has 3 aromatic heterocycles. The number of aromatic nitrogens is 6. The van der Waals surface area contributed by atoms with Gasteiger partial charge >= 0.3 is 47.5 Å². The molecule has 6 aromatic rings. The Morgan fingerprint density at radius 3 is 1.06 bits per heavy atom. The number of fused-ring (bicyclic) bond motifs is 9. The monoisotopic (exact) mass is 1750 g/mol. The Labute approximate surface area is 761 Å². The van der Waals surface area contributed by atoms with Crippen LogP contribution in [0.5, 0.6) is 0 Å². The number of piperidine rings is 6. The number of ether oxygens (including phenoxy) is 8. The van der Waals surface area contributed by atoms with E-state index in [9.17, 15) is 33.9 Å². The molecule has 3 spiro atoms. The number of hydrogen-bond acceptors (Lipinski definition) is 24. The topological polar surface area (TPSA) is 308 Å². The maximum Gasteiger partial charge on any atom is 1.00 e. The maximum absolute atomic E-state index is 14.4. The number of methoxy groups -OCH3 is 2. The van der Waals surface area contributed by atoms with Crippen molar-refractivity contribution in [3.05, 3.63) is 109 Å². The van der Waals surface area contributed by atoms with Crippen molar-refractivity contribution in [2.24, 2.45) is 17.8 Å². The van der Waals surface area contributed by atoms with Crippen LogP contribution in [0.2, 0.25) is 5.15 Å². The van der Waals surface area contributed by atoms with Gasteiger partial charge in [0.1, 0.15) is 17.8 Å². The van der Waals surface area contributed by atoms with Crippen LogP contribution in [0.3, 0.4) is 0 Å². The van der Waals surface area contributed by atoms with E-state index in [-0.39, 0.29) is 106 Å². The molecule has 0 amide bonds. The van der Waals surface area contributed by atoms with Crippen molar-refractivity contribution in [2.45, 2.75) is 321 Å². The Kier molecular flexibility index (Phi) is 30.4. The largest absolute Gasteiger partial charge is 1.00 e. The third kappa shape index (κ3) is 19.0. The number of para-hydroxylation sites is 6. The molecule has 12 aliphatic heterocycles. The van der Waals surface area contributed by atoms with E-state index in [0.717, 1.165) is 84.2 Å². The summed E-state index contributed by atoms with van der Waals surface area (Å²) in [4.78, 5) is 105. The summed E-state index contributed by atoms with van der Waals surface area (Å²) in [6, 6.07) is 29.9. The van der Waals surface area contributed by atoms with E-state index in [1.54, 1.807) is 0 Å². The van der Waals surface area contributed by atoms with E-state index in [4.69, 9.17) is 59.5 Å². The second-order valence-electron chi connectivity index (χ2n) is 38.0. The Bertz CT molecular complexity index is 4820. The Balaban J connectivity index is 0.000000129. The van der Waals surface area contributed by atoms with Crippen LogP contribution in [0.4, 0.5) is 11.6 Å². The molecule has 3 aliphatic carbocycles. The molecule has 6 bridgehead atoms. The molecule has 30 heteroatoms. The van der Waals surface area contributed by atoms with Crippen molar-refractivity contribution in [1.82, 2.24) is 48.7 Å². The number of aliphatic carboxylic acids is 1. The Morgan fingerprint density at radius 2 is 0.704 bits per heavy atom. The van der Waals surface area contributed by atoms with E-state index in [1.165, 1.54) is 188 Å². The molecule has 21 rings (SSSR count). The molecule has 15 aliphatic rings. The molecule has 3 aromatic carbocycles. The third-order valence-electron chi connectivity index (χ3n) is 31.2. The van der Waals surface area contributed by atoms with Gasteiger partial charge in [-0.3, -0.25) is 43.5 Å². The standard InChI is InChI=1S/C32H44N4O5.C31H42N4O5.C23H30ClN3O.C9H15NO4.Na.H2O/c1-39-31(38)26-21-34(16-15-32(26)40-17-18-41-32)29-30(37)36(28-12-8-7-11-27(28)33-29)25-19-23-13-14-24(20-25)35(23)22-9-5-3-2-4-6-10-22;36-29-28(33-15-14-31(39-16-17-40-31)25(20-33)30(37)38)32-26-10-6-7-11-27(26)35(29)24-18-22-12-13-23(19-24)34(22)21-8-4-2-1-3-5-9-21;24-22-23(28)27(21-11-7-6-10-20(21)25-22)19-14-17-12-13-18(15-19)26(17)16-8-4-2-1-3-5-9-16;1-12-8(11)7-6-10-3-2-9(7)13-4-5-14-9;;/h7-8,11-12,22-26H,2-6,9-10,13-21H2,1H3;6-7,10-11,21-25H,1-5,8-9,12-20H2,(H,37,38);6-7,10-11,16-19H,1-5,8-9,12-15H2;7,10H,2-6H2,1H3;;1H2/q;;;;+1;/p-1/t23-,24+,25?,26?;22-,23+,24?,25?;17-,18+,19?;;;. The Hall–Kier alpha value is -6.06. The van der Waals surface area contributed by atoms with Gasteiger partial charge in [-0.15, -0.1) is 0 Å². The van der Waals surface area contributed by atoms with Gasteiger partial charge in [0.2, 0.25) is 0 Å². The summed E-state index contributed by atoms with van der Waals surface area (Å²) in [5, 5.41) is 13.3. The van der Waals surface area contributed by atoms with Crippen LogP contribution in [-0.2, 0) is 52.3 Å². The van der Waals surface area contributed by atoms with E-state index >= 15 is 0 Å². The second-order valence-corrected chi connectivity index (χ2v) is 38.4. The smallest absolute Gasteiger partial charge is 0.870 e. The molecule has 3 N–H and O–H groups in total. The first-order valence-electron chi connectivity index (χ1n) is 47.6. The average molecular weight is 1760 g/mol. The van der Waals surface area contributed by atoms with Crippen molar-refractivity contribution in [3.63, 3.8) is 0 Å². The zero-order valence-electron chi connectivity index (χ0n) is 73.9. The van der Waals surface area contributed by atoms with E-state index in [1.807, 2.05) is 91.7 Å². The van der Waals surface area contributed by atoms with Crippen LogP contribution in [-0.4, -0.2) is 237 Å². The SMILES string of the molecule is COC(=O)C1CN(c2nc3ccccc3n(C3C[C@H]4CC[C@@H](C3)N4C3CCCCCCC3)c2=O)CCC12OCCO2.COC(=O)C1CNCCC12OCCO2.O=C(O)C1CN(c2nc3ccccc3n(C3C[C@H]4CC[C@@H](C3)N4C3CCCCCCC3)c2=O)CCC12OCCO2.O=c1c(Cl)nc2ccccc2n1C1C[C@H]2CC[C@@H](C1)N2C1CCCCCCC1.[Na+].[OH-]. The van der Waals surface area contributed by atoms with Gasteiger partial charge in [0, 0.05) is 131 Å². The average Bonchev–Trinajstić information content (AvgIpc) is 1.74. The van der Waals surface area contributed by atoms with E-state index < -0.39 is 35.2 Å². The number of benzene rings is 3. The molecule has 12 atom stereocenters. The minimum absolute atomic E-state index is 0. The Morgan fingerprint density at radius 1 is 0.400 bits per heavy atom. The summed E-state index contributed by atoms with van der Waals surface area (Å²) in [7, 11) is 2.78. The van der Waals surface area contributed by atoms with Gasteiger partial charge in [-0.25, -0.2) is 15.0 Å². The van der Waals surface area contributed by atoms with Crippen molar-refractivity contribution < 1.29 is 92.4 Å². The zero-order valence-corrected chi connectivity index (χ0v) is 76.7. The fourth-order valence-electron chi connectivity index (χ4n) is 25.7. The molecule has 125 heavy (non-hydrogen) atoms. The number of nitrogens with one attached hydrogen (secondary N) is 1. The summed E-state index contributed by atoms with van der Waals surface area (Å²) >= 11 is 6.23. The predicted octanol–water partition coefficient (Wildman–Crippen LogP) is 10.4. The maximum atomic E-state index is 14.4. The molecule has 676 valence electrons. The minimum Gasteiger partial charge on any atom is -0.870 e. The van der Waals surface area contributed by atoms with E-state index in [2.05, 4.69) is 29.6 Å². The molecule has 12 saturated heterocycles. The quantitative estimate of drug-likeness (QED) is 0.0899. The van der Waals surface area contributed by atoms with Gasteiger partial charge < -0.3 is 77.3 Å². The second kappa shape index (κ2) is 41.2. The van der Waals surface area contributed by atoms with Crippen LogP contribution in [0.25, 0.3) is 33.1 Å². The number of rotatable bonds is 11. The van der Waals surface area contributed by atoms with Crippen LogP contribution >= 0.6 is 11.6 Å². The predicted molar refractivity (Wildman–Crippen MR) is 471 cm³/mol. The molecule has 0 radical (unpaired) electrons. The number of carboxylic acids is 1. The summed E-state index contributed by atoms with van der Waals surface area (Å²) in [6.45, 7) is 5.61. The number of anilines is 2. The number of carbonyl (C=O) groups is 3. The number of esters is 2. The van der Waals surface area contributed by atoms with Crippen molar-refractivity contribution in [1.29, 1.82) is 0 Å². The number of carboxylic acid groups (broad SMARTS) is 1. The van der Waals surface area contributed by atoms with Crippen molar-refractivity contribution in [2.75, 3.05) is 103 Å². The number of carbonyl (C=O) groups excluding carboxylic acids is 2. The molecular formula is C95H132ClN12NaO16. The molecular weight excluding hydrogens is 1620 g/mol. The summed E-state index contributed by atoms with van der Waals surface area (Å²) in [5.74, 6) is -5.53. The molecule has 15 heterocycles. The number of nitrogens with zero attached hydrogens (tertiary/aromatic N) is 11. The first-order chi connectivity index (χ1) is 60.1. The van der Waals surface area contributed by atoms with Crippen molar-refractivity contribution in [3.8, 4) is 0 Å². The van der Waals surface area contributed by atoms with Gasteiger partial charge in [0.25, 0.3) is 16.7 Å². The van der Waals surface area contributed by atoms with Crippen LogP contribution in [0.15, 0.2) is 87.2 Å². The fourth-order valence-corrected chi connectivity index (χ4v) is 25.8.